The standard InChI is InChI=1S/C17H20ClN3O3/c1-10(9-21-12(3)16(18)11(2)20-21)17(22)19-13-4-5-14-15(8-13)24-7-6-23-14/h4-5,8,10H,6-7,9H2,1-3H3,(H,19,22). The third kappa shape index (κ3) is 3.33. The predicted molar refractivity (Wildman–Crippen MR) is 91.9 cm³/mol. The molecule has 1 aromatic carbocycles. The molecule has 0 fully saturated rings. The van der Waals surface area contributed by atoms with Crippen LogP contribution < -0.4 is 14.8 Å². The molecule has 0 saturated carbocycles. The molecule has 7 heteroatoms. The second-order valence-electron chi connectivity index (χ2n) is 5.92. The number of nitrogens with one attached hydrogen (secondary N) is 1. The third-order valence-corrected chi connectivity index (χ3v) is 4.54. The summed E-state index contributed by atoms with van der Waals surface area (Å²) in [5.74, 6) is 1.00. The van der Waals surface area contributed by atoms with E-state index in [1.165, 1.54) is 0 Å². The summed E-state index contributed by atoms with van der Waals surface area (Å²) in [4.78, 5) is 12.4. The first kappa shape index (κ1) is 16.6. The first-order valence-corrected chi connectivity index (χ1v) is 8.23. The van der Waals surface area contributed by atoms with Crippen LogP contribution in [-0.4, -0.2) is 28.9 Å². The zero-order valence-corrected chi connectivity index (χ0v) is 14.7. The fraction of sp³-hybridized carbons (Fsp3) is 0.412. The maximum absolute atomic E-state index is 12.4. The van der Waals surface area contributed by atoms with Gasteiger partial charge >= 0.3 is 0 Å². The van der Waals surface area contributed by atoms with E-state index < -0.39 is 0 Å². The first-order chi connectivity index (χ1) is 11.5. The number of carbonyl (C=O) groups excluding carboxylic acids is 1. The van der Waals surface area contributed by atoms with Crippen LogP contribution >= 0.6 is 11.6 Å². The number of anilines is 1. The van der Waals surface area contributed by atoms with E-state index in [1.807, 2.05) is 20.8 Å². The number of aromatic nitrogens is 2. The molecule has 1 aromatic heterocycles. The van der Waals surface area contributed by atoms with Crippen LogP contribution in [0, 0.1) is 19.8 Å². The molecule has 2 aromatic rings. The fourth-order valence-electron chi connectivity index (χ4n) is 2.58. The summed E-state index contributed by atoms with van der Waals surface area (Å²) in [5, 5.41) is 7.92. The van der Waals surface area contributed by atoms with E-state index in [2.05, 4.69) is 10.4 Å². The first-order valence-electron chi connectivity index (χ1n) is 7.85. The minimum Gasteiger partial charge on any atom is -0.486 e. The molecule has 24 heavy (non-hydrogen) atoms. The highest BCUT2D eigenvalue weighted by molar-refractivity contribution is 6.31. The maximum atomic E-state index is 12.4. The number of hydrogen-bond acceptors (Lipinski definition) is 4. The lowest BCUT2D eigenvalue weighted by atomic mass is 10.1. The van der Waals surface area contributed by atoms with E-state index in [-0.39, 0.29) is 11.8 Å². The van der Waals surface area contributed by atoms with Gasteiger partial charge in [0, 0.05) is 11.8 Å². The highest BCUT2D eigenvalue weighted by atomic mass is 35.5. The van der Waals surface area contributed by atoms with Crippen molar-refractivity contribution >= 4 is 23.2 Å². The third-order valence-electron chi connectivity index (χ3n) is 4.00. The highest BCUT2D eigenvalue weighted by Crippen LogP contribution is 2.32. The van der Waals surface area contributed by atoms with Gasteiger partial charge in [-0.2, -0.15) is 5.10 Å². The number of ether oxygens (including phenoxy) is 2. The monoisotopic (exact) mass is 349 g/mol. The van der Waals surface area contributed by atoms with E-state index in [0.717, 1.165) is 11.4 Å². The molecule has 1 N–H and O–H groups in total. The SMILES string of the molecule is Cc1nn(CC(C)C(=O)Nc2ccc3c(c2)OCCO3)c(C)c1Cl. The van der Waals surface area contributed by atoms with Gasteiger partial charge in [0.1, 0.15) is 13.2 Å². The molecule has 1 aliphatic heterocycles. The summed E-state index contributed by atoms with van der Waals surface area (Å²) in [6.07, 6.45) is 0. The number of aryl methyl sites for hydroxylation is 1. The molecule has 0 spiro atoms. The average molecular weight is 350 g/mol. The quantitative estimate of drug-likeness (QED) is 0.920. The lowest BCUT2D eigenvalue weighted by Crippen LogP contribution is -2.25. The largest absolute Gasteiger partial charge is 0.486 e. The van der Waals surface area contributed by atoms with E-state index >= 15 is 0 Å². The van der Waals surface area contributed by atoms with Crippen molar-refractivity contribution in [3.8, 4) is 11.5 Å². The van der Waals surface area contributed by atoms with Crippen molar-refractivity contribution in [1.82, 2.24) is 9.78 Å². The van der Waals surface area contributed by atoms with Crippen molar-refractivity contribution < 1.29 is 14.3 Å². The van der Waals surface area contributed by atoms with Gasteiger partial charge in [-0.05, 0) is 26.0 Å². The molecular weight excluding hydrogens is 330 g/mol. The number of amides is 1. The predicted octanol–water partition coefficient (Wildman–Crippen LogP) is 3.20. The van der Waals surface area contributed by atoms with Crippen LogP contribution in [0.1, 0.15) is 18.3 Å². The van der Waals surface area contributed by atoms with E-state index in [9.17, 15) is 4.79 Å². The summed E-state index contributed by atoms with van der Waals surface area (Å²) < 4.78 is 12.8. The van der Waals surface area contributed by atoms with Crippen molar-refractivity contribution in [3.63, 3.8) is 0 Å². The van der Waals surface area contributed by atoms with Crippen LogP contribution in [0.4, 0.5) is 5.69 Å². The molecule has 0 aliphatic carbocycles. The van der Waals surface area contributed by atoms with E-state index in [4.69, 9.17) is 21.1 Å². The zero-order chi connectivity index (χ0) is 17.3. The van der Waals surface area contributed by atoms with E-state index in [0.29, 0.717) is 42.0 Å². The lowest BCUT2D eigenvalue weighted by molar-refractivity contribution is -0.119. The van der Waals surface area contributed by atoms with Crippen molar-refractivity contribution in [1.29, 1.82) is 0 Å². The summed E-state index contributed by atoms with van der Waals surface area (Å²) >= 11 is 6.15. The number of fused-ring (bicyclic) bond motifs is 1. The molecule has 6 nitrogen and oxygen atoms in total. The van der Waals surface area contributed by atoms with Crippen molar-refractivity contribution in [2.45, 2.75) is 27.3 Å². The molecule has 1 amide bonds. The van der Waals surface area contributed by atoms with E-state index in [1.54, 1.807) is 22.9 Å². The van der Waals surface area contributed by atoms with Gasteiger partial charge in [0.2, 0.25) is 5.91 Å². The number of nitrogens with zero attached hydrogens (tertiary/aromatic N) is 2. The normalized spacial score (nSPS) is 14.3. The summed E-state index contributed by atoms with van der Waals surface area (Å²) in [5.41, 5.74) is 2.32. The molecule has 2 heterocycles. The van der Waals surface area contributed by atoms with Crippen molar-refractivity contribution in [3.05, 3.63) is 34.6 Å². The smallest absolute Gasteiger partial charge is 0.229 e. The molecule has 1 atom stereocenters. The second-order valence-corrected chi connectivity index (χ2v) is 6.29. The van der Waals surface area contributed by atoms with Crippen LogP contribution in [0.2, 0.25) is 5.02 Å². The molecule has 128 valence electrons. The highest BCUT2D eigenvalue weighted by Gasteiger charge is 2.19. The minimum absolute atomic E-state index is 0.0876. The Morgan fingerprint density at radius 2 is 2.04 bits per heavy atom. The van der Waals surface area contributed by atoms with Crippen LogP contribution in [0.3, 0.4) is 0 Å². The molecule has 0 saturated heterocycles. The van der Waals surface area contributed by atoms with Gasteiger partial charge in [0.15, 0.2) is 11.5 Å². The minimum atomic E-state index is -0.257. The Labute approximate surface area is 145 Å². The summed E-state index contributed by atoms with van der Waals surface area (Å²) in [6, 6.07) is 5.38. The van der Waals surface area contributed by atoms with Crippen LogP contribution in [0.15, 0.2) is 18.2 Å². The van der Waals surface area contributed by atoms with Crippen molar-refractivity contribution in [2.24, 2.45) is 5.92 Å². The van der Waals surface area contributed by atoms with Gasteiger partial charge in [-0.15, -0.1) is 0 Å². The Balaban J connectivity index is 1.67. The van der Waals surface area contributed by atoms with Gasteiger partial charge in [-0.1, -0.05) is 18.5 Å². The number of carbonyl (C=O) groups is 1. The van der Waals surface area contributed by atoms with Gasteiger partial charge in [-0.25, -0.2) is 0 Å². The molecule has 3 rings (SSSR count). The van der Waals surface area contributed by atoms with Gasteiger partial charge in [-0.3, -0.25) is 9.48 Å². The zero-order valence-electron chi connectivity index (χ0n) is 13.9. The number of rotatable bonds is 4. The molecule has 1 unspecified atom stereocenters. The van der Waals surface area contributed by atoms with Gasteiger partial charge < -0.3 is 14.8 Å². The topological polar surface area (TPSA) is 65.4 Å². The number of hydrogen-bond donors (Lipinski definition) is 1. The maximum Gasteiger partial charge on any atom is 0.229 e. The van der Waals surface area contributed by atoms with Crippen LogP contribution in [0.5, 0.6) is 11.5 Å². The lowest BCUT2D eigenvalue weighted by Gasteiger charge is -2.19. The number of benzene rings is 1. The molecule has 0 radical (unpaired) electrons. The van der Waals surface area contributed by atoms with Gasteiger partial charge in [0.05, 0.1) is 28.9 Å². The molecular formula is C17H20ClN3O3. The van der Waals surface area contributed by atoms with Crippen molar-refractivity contribution in [2.75, 3.05) is 18.5 Å². The Morgan fingerprint density at radius 3 is 2.71 bits per heavy atom. The summed E-state index contributed by atoms with van der Waals surface area (Å²) in [6.45, 7) is 7.13. The second kappa shape index (κ2) is 6.73. The average Bonchev–Trinajstić information content (AvgIpc) is 2.81. The van der Waals surface area contributed by atoms with Crippen LogP contribution in [-0.2, 0) is 11.3 Å². The Hall–Kier alpha value is -2.21. The Kier molecular flexibility index (Phi) is 4.66. The fourth-order valence-corrected chi connectivity index (χ4v) is 2.72. The van der Waals surface area contributed by atoms with Gasteiger partial charge in [0.25, 0.3) is 0 Å². The molecule has 0 bridgehead atoms. The summed E-state index contributed by atoms with van der Waals surface area (Å²) in [7, 11) is 0. The van der Waals surface area contributed by atoms with Crippen LogP contribution in [0.25, 0.3) is 0 Å². The number of halogens is 1. The molecule has 1 aliphatic rings. The Morgan fingerprint density at radius 1 is 1.33 bits per heavy atom. The Bertz CT molecular complexity index is 773.